The zero-order valence-electron chi connectivity index (χ0n) is 18.0. The molecule has 1 aromatic heterocycles. The SMILES string of the molecule is C[C@H]1CN(C(=O)OC(C)(C)C)CCN1c1nnc(-c2ccccc2)c2ccccc12. The van der Waals surface area contributed by atoms with E-state index in [0.29, 0.717) is 19.6 Å². The number of anilines is 1. The molecule has 6 heteroatoms. The highest BCUT2D eigenvalue weighted by Gasteiger charge is 2.31. The molecule has 2 aromatic carbocycles. The second kappa shape index (κ2) is 7.94. The first kappa shape index (κ1) is 20.1. The molecule has 2 heterocycles. The van der Waals surface area contributed by atoms with Crippen LogP contribution >= 0.6 is 0 Å². The number of benzene rings is 2. The average Bonchev–Trinajstić information content (AvgIpc) is 2.72. The number of piperazine rings is 1. The van der Waals surface area contributed by atoms with E-state index in [1.807, 2.05) is 51.1 Å². The van der Waals surface area contributed by atoms with Crippen molar-refractivity contribution in [2.24, 2.45) is 0 Å². The number of amides is 1. The van der Waals surface area contributed by atoms with Crippen molar-refractivity contribution in [3.05, 3.63) is 54.6 Å². The van der Waals surface area contributed by atoms with Gasteiger partial charge >= 0.3 is 6.09 Å². The summed E-state index contributed by atoms with van der Waals surface area (Å²) in [6.45, 7) is 9.64. The molecule has 3 aromatic rings. The van der Waals surface area contributed by atoms with Gasteiger partial charge in [0.15, 0.2) is 5.82 Å². The van der Waals surface area contributed by atoms with Gasteiger partial charge < -0.3 is 14.5 Å². The Balaban J connectivity index is 1.63. The fourth-order valence-electron chi connectivity index (χ4n) is 3.88. The van der Waals surface area contributed by atoms with Crippen molar-refractivity contribution in [1.29, 1.82) is 0 Å². The van der Waals surface area contributed by atoms with E-state index >= 15 is 0 Å². The Bertz CT molecular complexity index is 1050. The Morgan fingerprint density at radius 3 is 2.30 bits per heavy atom. The maximum absolute atomic E-state index is 12.5. The normalized spacial score (nSPS) is 17.3. The van der Waals surface area contributed by atoms with Crippen LogP contribution in [0.15, 0.2) is 54.6 Å². The van der Waals surface area contributed by atoms with Gasteiger partial charge in [-0.2, -0.15) is 0 Å². The predicted molar refractivity (Wildman–Crippen MR) is 120 cm³/mol. The number of fused-ring (bicyclic) bond motifs is 1. The van der Waals surface area contributed by atoms with Crippen LogP contribution in [0.4, 0.5) is 10.6 Å². The van der Waals surface area contributed by atoms with E-state index < -0.39 is 5.60 Å². The molecule has 1 fully saturated rings. The van der Waals surface area contributed by atoms with Gasteiger partial charge in [-0.05, 0) is 27.7 Å². The van der Waals surface area contributed by atoms with Gasteiger partial charge in [-0.1, -0.05) is 54.6 Å². The fraction of sp³-hybridized carbons (Fsp3) is 0.375. The van der Waals surface area contributed by atoms with Crippen LogP contribution in [0.25, 0.3) is 22.0 Å². The number of ether oxygens (including phenoxy) is 1. The summed E-state index contributed by atoms with van der Waals surface area (Å²) in [7, 11) is 0. The minimum Gasteiger partial charge on any atom is -0.444 e. The smallest absolute Gasteiger partial charge is 0.410 e. The lowest BCUT2D eigenvalue weighted by Crippen LogP contribution is -2.55. The molecule has 1 aliphatic rings. The summed E-state index contributed by atoms with van der Waals surface area (Å²) in [5.41, 5.74) is 1.44. The highest BCUT2D eigenvalue weighted by atomic mass is 16.6. The van der Waals surface area contributed by atoms with Crippen LogP contribution in [0.3, 0.4) is 0 Å². The number of carbonyl (C=O) groups excluding carboxylic acids is 1. The highest BCUT2D eigenvalue weighted by molar-refractivity contribution is 6.00. The Hall–Kier alpha value is -3.15. The number of hydrogen-bond donors (Lipinski definition) is 0. The quantitative estimate of drug-likeness (QED) is 0.617. The first-order valence-corrected chi connectivity index (χ1v) is 10.4. The van der Waals surface area contributed by atoms with Crippen LogP contribution in [0.5, 0.6) is 0 Å². The standard InChI is InChI=1S/C24H28N4O2/c1-17-16-27(23(29)30-24(2,3)4)14-15-28(17)22-20-13-9-8-12-19(20)21(25-26-22)18-10-6-5-7-11-18/h5-13,17H,14-16H2,1-4H3/t17-/m0/s1. The number of nitrogens with zero attached hydrogens (tertiary/aromatic N) is 4. The molecule has 0 bridgehead atoms. The molecule has 1 atom stereocenters. The minimum absolute atomic E-state index is 0.103. The molecule has 1 saturated heterocycles. The van der Waals surface area contributed by atoms with E-state index in [2.05, 4.69) is 46.3 Å². The van der Waals surface area contributed by atoms with Gasteiger partial charge in [0.25, 0.3) is 0 Å². The molecule has 0 aliphatic carbocycles. The van der Waals surface area contributed by atoms with Crippen molar-refractivity contribution in [3.63, 3.8) is 0 Å². The van der Waals surface area contributed by atoms with Crippen molar-refractivity contribution >= 4 is 22.7 Å². The Morgan fingerprint density at radius 2 is 1.63 bits per heavy atom. The van der Waals surface area contributed by atoms with Crippen LogP contribution in [0, 0.1) is 0 Å². The molecular formula is C24H28N4O2. The van der Waals surface area contributed by atoms with Crippen LogP contribution in [0.1, 0.15) is 27.7 Å². The van der Waals surface area contributed by atoms with Crippen LogP contribution in [-0.2, 0) is 4.74 Å². The third-order valence-electron chi connectivity index (χ3n) is 5.27. The van der Waals surface area contributed by atoms with Crippen molar-refractivity contribution in [1.82, 2.24) is 15.1 Å². The summed E-state index contributed by atoms with van der Waals surface area (Å²) in [6.07, 6.45) is -0.260. The second-order valence-corrected chi connectivity index (χ2v) is 8.75. The lowest BCUT2D eigenvalue weighted by molar-refractivity contribution is 0.0218. The zero-order chi connectivity index (χ0) is 21.3. The monoisotopic (exact) mass is 404 g/mol. The molecule has 6 nitrogen and oxygen atoms in total. The number of hydrogen-bond acceptors (Lipinski definition) is 5. The van der Waals surface area contributed by atoms with Gasteiger partial charge in [0.05, 0.1) is 0 Å². The molecule has 0 unspecified atom stereocenters. The van der Waals surface area contributed by atoms with E-state index in [1.54, 1.807) is 4.90 Å². The summed E-state index contributed by atoms with van der Waals surface area (Å²) in [6, 6.07) is 18.5. The number of carbonyl (C=O) groups is 1. The summed E-state index contributed by atoms with van der Waals surface area (Å²) >= 11 is 0. The van der Waals surface area contributed by atoms with E-state index in [4.69, 9.17) is 4.74 Å². The van der Waals surface area contributed by atoms with Gasteiger partial charge in [-0.25, -0.2) is 4.79 Å². The van der Waals surface area contributed by atoms with Crippen molar-refractivity contribution < 1.29 is 9.53 Å². The van der Waals surface area contributed by atoms with Crippen LogP contribution < -0.4 is 4.90 Å². The molecule has 0 N–H and O–H groups in total. The van der Waals surface area contributed by atoms with E-state index in [0.717, 1.165) is 27.8 Å². The van der Waals surface area contributed by atoms with Gasteiger partial charge in [0.2, 0.25) is 0 Å². The van der Waals surface area contributed by atoms with Crippen LogP contribution in [-0.4, -0.2) is 52.5 Å². The maximum Gasteiger partial charge on any atom is 0.410 e. The largest absolute Gasteiger partial charge is 0.444 e. The minimum atomic E-state index is -0.494. The summed E-state index contributed by atoms with van der Waals surface area (Å²) in [5.74, 6) is 0.863. The topological polar surface area (TPSA) is 58.6 Å². The first-order valence-electron chi connectivity index (χ1n) is 10.4. The van der Waals surface area contributed by atoms with Gasteiger partial charge in [0, 0.05) is 42.0 Å². The zero-order valence-corrected chi connectivity index (χ0v) is 18.0. The molecule has 30 heavy (non-hydrogen) atoms. The fourth-order valence-corrected chi connectivity index (χ4v) is 3.88. The van der Waals surface area contributed by atoms with Gasteiger partial charge in [-0.15, -0.1) is 10.2 Å². The second-order valence-electron chi connectivity index (χ2n) is 8.75. The molecule has 4 rings (SSSR count). The maximum atomic E-state index is 12.5. The van der Waals surface area contributed by atoms with Crippen LogP contribution in [0.2, 0.25) is 0 Å². The van der Waals surface area contributed by atoms with Crippen molar-refractivity contribution in [3.8, 4) is 11.3 Å². The van der Waals surface area contributed by atoms with E-state index in [1.165, 1.54) is 0 Å². The van der Waals surface area contributed by atoms with Crippen molar-refractivity contribution in [2.75, 3.05) is 24.5 Å². The number of rotatable bonds is 2. The Morgan fingerprint density at radius 1 is 0.967 bits per heavy atom. The number of aromatic nitrogens is 2. The average molecular weight is 405 g/mol. The molecule has 156 valence electrons. The Labute approximate surface area is 177 Å². The summed E-state index contributed by atoms with van der Waals surface area (Å²) in [4.78, 5) is 16.5. The third kappa shape index (κ3) is 4.08. The summed E-state index contributed by atoms with van der Waals surface area (Å²) in [5, 5.41) is 11.4. The molecule has 0 radical (unpaired) electrons. The van der Waals surface area contributed by atoms with Gasteiger partial charge in [-0.3, -0.25) is 0 Å². The van der Waals surface area contributed by atoms with E-state index in [-0.39, 0.29) is 12.1 Å². The molecule has 1 amide bonds. The summed E-state index contributed by atoms with van der Waals surface area (Å²) < 4.78 is 5.54. The third-order valence-corrected chi connectivity index (χ3v) is 5.27. The first-order chi connectivity index (χ1) is 14.3. The van der Waals surface area contributed by atoms with Gasteiger partial charge in [0.1, 0.15) is 11.3 Å². The molecule has 0 saturated carbocycles. The molecule has 1 aliphatic heterocycles. The van der Waals surface area contributed by atoms with Crippen molar-refractivity contribution in [2.45, 2.75) is 39.3 Å². The predicted octanol–water partition coefficient (Wildman–Crippen LogP) is 4.74. The lowest BCUT2D eigenvalue weighted by atomic mass is 10.0. The lowest BCUT2D eigenvalue weighted by Gasteiger charge is -2.41. The highest BCUT2D eigenvalue weighted by Crippen LogP contribution is 2.32. The Kier molecular flexibility index (Phi) is 5.33. The molecule has 0 spiro atoms. The van der Waals surface area contributed by atoms with E-state index in [9.17, 15) is 4.79 Å². The molecular weight excluding hydrogens is 376 g/mol.